The maximum atomic E-state index is 13.7. The summed E-state index contributed by atoms with van der Waals surface area (Å²) in [6.45, 7) is 0. The Bertz CT molecular complexity index is 1150. The summed E-state index contributed by atoms with van der Waals surface area (Å²) in [5, 5.41) is 3.01. The molecule has 2 aromatic heterocycles. The van der Waals surface area contributed by atoms with Gasteiger partial charge in [-0.25, -0.2) is 18.7 Å². The first-order chi connectivity index (χ1) is 13.6. The number of oxazole rings is 1. The van der Waals surface area contributed by atoms with Crippen LogP contribution in [0.3, 0.4) is 0 Å². The molecule has 2 aromatic carbocycles. The zero-order valence-corrected chi connectivity index (χ0v) is 15.2. The third kappa shape index (κ3) is 4.12. The molecule has 0 saturated heterocycles. The van der Waals surface area contributed by atoms with Crippen molar-refractivity contribution in [2.24, 2.45) is 0 Å². The number of fused-ring (bicyclic) bond motifs is 1. The molecular weight excluding hydrogens is 384 g/mol. The number of halogens is 2. The number of carbonyl (C=O) groups excluding carboxylic acids is 1. The first-order valence-electron chi connectivity index (χ1n) is 8.30. The van der Waals surface area contributed by atoms with E-state index in [1.54, 1.807) is 12.3 Å². The number of hydrogen-bond donors (Lipinski definition) is 1. The molecule has 0 aliphatic rings. The van der Waals surface area contributed by atoms with Crippen LogP contribution in [0.4, 0.5) is 13.9 Å². The van der Waals surface area contributed by atoms with Crippen molar-refractivity contribution in [3.63, 3.8) is 0 Å². The van der Waals surface area contributed by atoms with Crippen LogP contribution in [-0.2, 0) is 11.2 Å². The average Bonchev–Trinajstić information content (AvgIpc) is 3.28. The molecule has 5 nitrogen and oxygen atoms in total. The lowest BCUT2D eigenvalue weighted by molar-refractivity contribution is -0.111. The standard InChI is InChI=1S/C20H13F2N3O2S/c21-13-6-5-12(15(22)10-13)9-14-11-23-20(28-14)25-18(26)7-8-19-24-16-3-1-2-4-17(16)27-19/h1-8,10-11H,9H2,(H,23,25,26). The molecule has 0 saturated carbocycles. The summed E-state index contributed by atoms with van der Waals surface area (Å²) in [5.41, 5.74) is 1.71. The molecule has 0 spiro atoms. The van der Waals surface area contributed by atoms with E-state index in [1.165, 1.54) is 35.6 Å². The summed E-state index contributed by atoms with van der Waals surface area (Å²) in [6, 6.07) is 10.7. The van der Waals surface area contributed by atoms with Crippen LogP contribution in [0.25, 0.3) is 17.2 Å². The van der Waals surface area contributed by atoms with E-state index in [4.69, 9.17) is 4.42 Å². The van der Waals surface area contributed by atoms with Gasteiger partial charge in [-0.1, -0.05) is 18.2 Å². The Kier molecular flexibility index (Phi) is 4.94. The number of amides is 1. The Hall–Kier alpha value is -3.39. The van der Waals surface area contributed by atoms with E-state index >= 15 is 0 Å². The van der Waals surface area contributed by atoms with E-state index in [2.05, 4.69) is 15.3 Å². The topological polar surface area (TPSA) is 68.0 Å². The third-order valence-electron chi connectivity index (χ3n) is 3.85. The van der Waals surface area contributed by atoms with Crippen LogP contribution >= 0.6 is 11.3 Å². The Morgan fingerprint density at radius 1 is 1.21 bits per heavy atom. The zero-order valence-electron chi connectivity index (χ0n) is 14.4. The van der Waals surface area contributed by atoms with Gasteiger partial charge in [0, 0.05) is 35.7 Å². The number of benzene rings is 2. The zero-order chi connectivity index (χ0) is 19.5. The number of nitrogens with one attached hydrogen (secondary N) is 1. The number of anilines is 1. The van der Waals surface area contributed by atoms with Crippen LogP contribution in [-0.4, -0.2) is 15.9 Å². The van der Waals surface area contributed by atoms with Crippen LogP contribution in [0.15, 0.2) is 59.2 Å². The third-order valence-corrected chi connectivity index (χ3v) is 4.76. The fraction of sp³-hybridized carbons (Fsp3) is 0.0500. The van der Waals surface area contributed by atoms with Gasteiger partial charge in [0.05, 0.1) is 0 Å². The van der Waals surface area contributed by atoms with Gasteiger partial charge in [0.15, 0.2) is 10.7 Å². The summed E-state index contributed by atoms with van der Waals surface area (Å²) in [5.74, 6) is -1.30. The van der Waals surface area contributed by atoms with Gasteiger partial charge in [0.1, 0.15) is 17.2 Å². The van der Waals surface area contributed by atoms with E-state index in [-0.39, 0.29) is 6.42 Å². The van der Waals surface area contributed by atoms with Gasteiger partial charge in [-0.05, 0) is 23.8 Å². The van der Waals surface area contributed by atoms with Crippen molar-refractivity contribution in [1.82, 2.24) is 9.97 Å². The predicted molar refractivity (Wildman–Crippen MR) is 103 cm³/mol. The first-order valence-corrected chi connectivity index (χ1v) is 9.12. The number of aromatic nitrogens is 2. The number of rotatable bonds is 5. The van der Waals surface area contributed by atoms with Crippen LogP contribution in [0, 0.1) is 11.6 Å². The molecule has 4 aromatic rings. The molecule has 1 amide bonds. The van der Waals surface area contributed by atoms with Crippen molar-refractivity contribution in [2.75, 3.05) is 5.32 Å². The van der Waals surface area contributed by atoms with Crippen LogP contribution in [0.5, 0.6) is 0 Å². The minimum Gasteiger partial charge on any atom is -0.437 e. The fourth-order valence-electron chi connectivity index (χ4n) is 2.56. The smallest absolute Gasteiger partial charge is 0.250 e. The van der Waals surface area contributed by atoms with Crippen molar-refractivity contribution in [3.8, 4) is 0 Å². The highest BCUT2D eigenvalue weighted by Crippen LogP contribution is 2.23. The summed E-state index contributed by atoms with van der Waals surface area (Å²) in [7, 11) is 0. The minimum absolute atomic E-state index is 0.262. The Balaban J connectivity index is 1.39. The SMILES string of the molecule is O=C(C=Cc1nc2ccccc2o1)Nc1ncc(Cc2ccc(F)cc2F)s1. The van der Waals surface area contributed by atoms with Crippen LogP contribution in [0.2, 0.25) is 0 Å². The normalized spacial score (nSPS) is 11.4. The van der Waals surface area contributed by atoms with Crippen molar-refractivity contribution >= 4 is 39.6 Å². The first kappa shape index (κ1) is 18.0. The molecule has 8 heteroatoms. The second-order valence-corrected chi connectivity index (χ2v) is 7.00. The molecular formula is C20H13F2N3O2S. The molecule has 0 aliphatic heterocycles. The number of nitrogens with zero attached hydrogens (tertiary/aromatic N) is 2. The summed E-state index contributed by atoms with van der Waals surface area (Å²) < 4.78 is 32.2. The highest BCUT2D eigenvalue weighted by molar-refractivity contribution is 7.15. The maximum absolute atomic E-state index is 13.7. The molecule has 140 valence electrons. The van der Waals surface area contributed by atoms with Gasteiger partial charge < -0.3 is 4.42 Å². The molecule has 0 radical (unpaired) electrons. The summed E-state index contributed by atoms with van der Waals surface area (Å²) in [4.78, 5) is 21.2. The average molecular weight is 397 g/mol. The second kappa shape index (κ2) is 7.69. The van der Waals surface area contributed by atoms with Gasteiger partial charge in [0.2, 0.25) is 11.8 Å². The number of carbonyl (C=O) groups is 1. The second-order valence-electron chi connectivity index (χ2n) is 5.89. The monoisotopic (exact) mass is 397 g/mol. The predicted octanol–water partition coefficient (Wildman–Crippen LogP) is 4.81. The Morgan fingerprint density at radius 2 is 2.07 bits per heavy atom. The maximum Gasteiger partial charge on any atom is 0.250 e. The summed E-state index contributed by atoms with van der Waals surface area (Å²) >= 11 is 1.22. The molecule has 28 heavy (non-hydrogen) atoms. The number of thiazole rings is 1. The molecule has 1 N–H and O–H groups in total. The molecule has 2 heterocycles. The van der Waals surface area contributed by atoms with Crippen LogP contribution in [0.1, 0.15) is 16.3 Å². The van der Waals surface area contributed by atoms with Crippen molar-refractivity contribution < 1.29 is 18.0 Å². The van der Waals surface area contributed by atoms with Crippen LogP contribution < -0.4 is 5.32 Å². The van der Waals surface area contributed by atoms with E-state index in [9.17, 15) is 13.6 Å². The lowest BCUT2D eigenvalue weighted by atomic mass is 10.1. The van der Waals surface area contributed by atoms with Crippen molar-refractivity contribution in [2.45, 2.75) is 6.42 Å². The summed E-state index contributed by atoms with van der Waals surface area (Å²) in [6.07, 6.45) is 4.58. The molecule has 0 unspecified atom stereocenters. The molecule has 0 bridgehead atoms. The Morgan fingerprint density at radius 3 is 2.89 bits per heavy atom. The van der Waals surface area contributed by atoms with E-state index in [0.29, 0.717) is 27.7 Å². The Labute approximate surface area is 162 Å². The lowest BCUT2D eigenvalue weighted by Crippen LogP contribution is -2.07. The lowest BCUT2D eigenvalue weighted by Gasteiger charge is -2.00. The van der Waals surface area contributed by atoms with Gasteiger partial charge in [-0.3, -0.25) is 10.1 Å². The highest BCUT2D eigenvalue weighted by atomic mass is 32.1. The van der Waals surface area contributed by atoms with Crippen molar-refractivity contribution in [3.05, 3.63) is 82.7 Å². The molecule has 0 fully saturated rings. The fourth-order valence-corrected chi connectivity index (χ4v) is 3.39. The molecule has 4 rings (SSSR count). The van der Waals surface area contributed by atoms with E-state index in [0.717, 1.165) is 10.9 Å². The largest absolute Gasteiger partial charge is 0.437 e. The quantitative estimate of drug-likeness (QED) is 0.491. The van der Waals surface area contributed by atoms with Gasteiger partial charge in [-0.2, -0.15) is 0 Å². The van der Waals surface area contributed by atoms with E-state index < -0.39 is 17.5 Å². The van der Waals surface area contributed by atoms with Gasteiger partial charge in [-0.15, -0.1) is 11.3 Å². The highest BCUT2D eigenvalue weighted by Gasteiger charge is 2.09. The molecule has 0 aliphatic carbocycles. The minimum atomic E-state index is -0.621. The van der Waals surface area contributed by atoms with Crippen molar-refractivity contribution in [1.29, 1.82) is 0 Å². The van der Waals surface area contributed by atoms with E-state index in [1.807, 2.05) is 18.2 Å². The number of hydrogen-bond acceptors (Lipinski definition) is 5. The number of para-hydroxylation sites is 2. The molecule has 0 atom stereocenters. The van der Waals surface area contributed by atoms with Gasteiger partial charge in [0.25, 0.3) is 0 Å². The van der Waals surface area contributed by atoms with Gasteiger partial charge >= 0.3 is 0 Å².